The fourth-order valence-corrected chi connectivity index (χ4v) is 4.06. The number of aromatic nitrogens is 2. The summed E-state index contributed by atoms with van der Waals surface area (Å²) in [4.78, 5) is 22.0. The van der Waals surface area contributed by atoms with Gasteiger partial charge in [-0.15, -0.1) is 10.2 Å². The first kappa shape index (κ1) is 15.7. The number of carbonyl (C=O) groups is 1. The van der Waals surface area contributed by atoms with Crippen LogP contribution in [-0.2, 0) is 0 Å². The molecular formula is C11H9N3O4S3. The fraction of sp³-hybridized carbons (Fsp3) is 0.182. The molecule has 1 aromatic carbocycles. The topological polar surface area (TPSA) is 106 Å². The van der Waals surface area contributed by atoms with Crippen LogP contribution >= 0.6 is 34.9 Å². The first-order valence-corrected chi connectivity index (χ1v) is 8.36. The Kier molecular flexibility index (Phi) is 4.80. The van der Waals surface area contributed by atoms with Crippen molar-refractivity contribution in [2.24, 2.45) is 0 Å². The van der Waals surface area contributed by atoms with Crippen molar-refractivity contribution in [2.45, 2.75) is 20.5 Å². The number of hydrogen-bond acceptors (Lipinski definition) is 8. The highest BCUT2D eigenvalue weighted by Crippen LogP contribution is 2.37. The summed E-state index contributed by atoms with van der Waals surface area (Å²) in [6, 6.07) is 2.48. The molecule has 0 radical (unpaired) electrons. The lowest BCUT2D eigenvalue weighted by Crippen LogP contribution is -2.01. The maximum Gasteiger partial charge on any atom is 0.335 e. The highest BCUT2D eigenvalue weighted by atomic mass is 32.2. The molecule has 1 N–H and O–H groups in total. The van der Waals surface area contributed by atoms with Crippen LogP contribution in [0.1, 0.15) is 15.9 Å². The van der Waals surface area contributed by atoms with E-state index < -0.39 is 10.9 Å². The molecule has 0 saturated carbocycles. The van der Waals surface area contributed by atoms with Crippen LogP contribution in [0.15, 0.2) is 25.7 Å². The Morgan fingerprint density at radius 3 is 2.57 bits per heavy atom. The van der Waals surface area contributed by atoms with Gasteiger partial charge in [-0.05, 0) is 19.2 Å². The SMILES string of the molecule is CSc1nnc(Sc2cc(C(=O)O)cc([N+](=O)[O-])c2C)s1. The number of carboxylic acid groups (broad SMARTS) is 1. The molecule has 21 heavy (non-hydrogen) atoms. The molecule has 0 aliphatic carbocycles. The van der Waals surface area contributed by atoms with Crippen molar-refractivity contribution in [2.75, 3.05) is 6.26 Å². The number of carboxylic acids is 1. The molecule has 10 heteroatoms. The molecule has 7 nitrogen and oxygen atoms in total. The van der Waals surface area contributed by atoms with Crippen molar-refractivity contribution in [3.8, 4) is 0 Å². The summed E-state index contributed by atoms with van der Waals surface area (Å²) in [5.74, 6) is -1.21. The van der Waals surface area contributed by atoms with Gasteiger partial charge < -0.3 is 5.11 Å². The lowest BCUT2D eigenvalue weighted by Gasteiger charge is -2.05. The molecule has 0 aliphatic heterocycles. The molecule has 0 saturated heterocycles. The number of hydrogen-bond donors (Lipinski definition) is 1. The van der Waals surface area contributed by atoms with Crippen LogP contribution < -0.4 is 0 Å². The second kappa shape index (κ2) is 6.41. The number of thioether (sulfide) groups is 1. The van der Waals surface area contributed by atoms with E-state index in [0.29, 0.717) is 14.8 Å². The monoisotopic (exact) mass is 343 g/mol. The van der Waals surface area contributed by atoms with Crippen LogP contribution in [0.25, 0.3) is 0 Å². The van der Waals surface area contributed by atoms with Gasteiger partial charge >= 0.3 is 5.97 Å². The van der Waals surface area contributed by atoms with Crippen LogP contribution in [0.2, 0.25) is 0 Å². The third-order valence-electron chi connectivity index (χ3n) is 2.54. The summed E-state index contributed by atoms with van der Waals surface area (Å²) < 4.78 is 1.39. The summed E-state index contributed by atoms with van der Waals surface area (Å²) in [5.41, 5.74) is 0.0762. The van der Waals surface area contributed by atoms with Crippen LogP contribution in [-0.4, -0.2) is 32.5 Å². The van der Waals surface area contributed by atoms with Crippen molar-refractivity contribution in [1.82, 2.24) is 10.2 Å². The van der Waals surface area contributed by atoms with Crippen molar-refractivity contribution >= 4 is 46.5 Å². The largest absolute Gasteiger partial charge is 0.478 e. The number of nitrogens with zero attached hydrogens (tertiary/aromatic N) is 3. The smallest absolute Gasteiger partial charge is 0.335 e. The van der Waals surface area contributed by atoms with Gasteiger partial charge in [0.2, 0.25) is 0 Å². The Morgan fingerprint density at radius 2 is 2.05 bits per heavy atom. The number of rotatable bonds is 5. The average Bonchev–Trinajstić information content (AvgIpc) is 2.88. The molecule has 0 atom stereocenters. The second-order valence-electron chi connectivity index (χ2n) is 3.82. The van der Waals surface area contributed by atoms with Gasteiger partial charge in [-0.3, -0.25) is 10.1 Å². The van der Waals surface area contributed by atoms with Crippen LogP contribution in [0.5, 0.6) is 0 Å². The summed E-state index contributed by atoms with van der Waals surface area (Å²) in [6.45, 7) is 1.59. The van der Waals surface area contributed by atoms with E-state index in [-0.39, 0.29) is 11.3 Å². The van der Waals surface area contributed by atoms with Gasteiger partial charge in [0.05, 0.1) is 10.5 Å². The normalized spacial score (nSPS) is 10.6. The number of nitro benzene ring substituents is 1. The Labute approximate surface area is 131 Å². The first-order chi connectivity index (χ1) is 9.92. The van der Waals surface area contributed by atoms with E-state index in [1.807, 2.05) is 6.26 Å². The van der Waals surface area contributed by atoms with E-state index in [1.54, 1.807) is 6.92 Å². The van der Waals surface area contributed by atoms with Crippen molar-refractivity contribution in [3.63, 3.8) is 0 Å². The minimum absolute atomic E-state index is 0.121. The minimum atomic E-state index is -1.21. The molecule has 0 unspecified atom stereocenters. The van der Waals surface area contributed by atoms with Crippen molar-refractivity contribution in [1.29, 1.82) is 0 Å². The zero-order valence-corrected chi connectivity index (χ0v) is 13.3. The predicted molar refractivity (Wildman–Crippen MR) is 80.6 cm³/mol. The average molecular weight is 343 g/mol. The van der Waals surface area contributed by atoms with E-state index >= 15 is 0 Å². The Morgan fingerprint density at radius 1 is 1.38 bits per heavy atom. The maximum absolute atomic E-state index is 11.1. The predicted octanol–water partition coefficient (Wildman–Crippen LogP) is 3.33. The van der Waals surface area contributed by atoms with Crippen molar-refractivity contribution < 1.29 is 14.8 Å². The molecule has 0 aliphatic rings. The molecule has 110 valence electrons. The Hall–Kier alpha value is -1.65. The molecule has 2 aromatic rings. The van der Waals surface area contributed by atoms with Gasteiger partial charge in [0, 0.05) is 16.5 Å². The summed E-state index contributed by atoms with van der Waals surface area (Å²) in [7, 11) is 0. The number of aromatic carboxylic acids is 1. The van der Waals surface area contributed by atoms with E-state index in [1.165, 1.54) is 40.9 Å². The van der Waals surface area contributed by atoms with Gasteiger partial charge in [-0.1, -0.05) is 34.9 Å². The highest BCUT2D eigenvalue weighted by Gasteiger charge is 2.20. The molecular weight excluding hydrogens is 334 g/mol. The van der Waals surface area contributed by atoms with Gasteiger partial charge in [-0.2, -0.15) is 0 Å². The Balaban J connectivity index is 2.46. The molecule has 0 amide bonds. The van der Waals surface area contributed by atoms with E-state index in [9.17, 15) is 14.9 Å². The lowest BCUT2D eigenvalue weighted by atomic mass is 10.1. The minimum Gasteiger partial charge on any atom is -0.478 e. The molecule has 0 fully saturated rings. The summed E-state index contributed by atoms with van der Waals surface area (Å²) in [5, 5.41) is 28.0. The van der Waals surface area contributed by atoms with E-state index in [4.69, 9.17) is 5.11 Å². The van der Waals surface area contributed by atoms with Crippen LogP contribution in [0, 0.1) is 17.0 Å². The van der Waals surface area contributed by atoms with Gasteiger partial charge in [0.25, 0.3) is 5.69 Å². The van der Waals surface area contributed by atoms with E-state index in [0.717, 1.165) is 10.4 Å². The van der Waals surface area contributed by atoms with Gasteiger partial charge in [0.1, 0.15) is 0 Å². The van der Waals surface area contributed by atoms with Crippen LogP contribution in [0.3, 0.4) is 0 Å². The van der Waals surface area contributed by atoms with Gasteiger partial charge in [-0.25, -0.2) is 4.79 Å². The Bertz CT molecular complexity index is 717. The molecule has 1 aromatic heterocycles. The van der Waals surface area contributed by atoms with Crippen molar-refractivity contribution in [3.05, 3.63) is 33.4 Å². The third-order valence-corrected chi connectivity index (χ3v) is 5.63. The zero-order chi connectivity index (χ0) is 15.6. The first-order valence-electron chi connectivity index (χ1n) is 5.50. The molecule has 0 spiro atoms. The zero-order valence-electron chi connectivity index (χ0n) is 10.9. The number of benzene rings is 1. The lowest BCUT2D eigenvalue weighted by molar-refractivity contribution is -0.385. The molecule has 1 heterocycles. The van der Waals surface area contributed by atoms with E-state index in [2.05, 4.69) is 10.2 Å². The maximum atomic E-state index is 11.1. The van der Waals surface area contributed by atoms with Gasteiger partial charge in [0.15, 0.2) is 8.68 Å². The van der Waals surface area contributed by atoms with Crippen LogP contribution in [0.4, 0.5) is 5.69 Å². The highest BCUT2D eigenvalue weighted by molar-refractivity contribution is 8.03. The molecule has 2 rings (SSSR count). The summed E-state index contributed by atoms with van der Waals surface area (Å²) in [6.07, 6.45) is 1.87. The third kappa shape index (κ3) is 3.52. The standard InChI is InChI=1S/C11H9N3O4S3/c1-5-7(14(17)18)3-6(9(15)16)4-8(5)20-11-13-12-10(19-2)21-11/h3-4H,1-2H3,(H,15,16). The molecule has 0 bridgehead atoms. The quantitative estimate of drug-likeness (QED) is 0.500. The second-order valence-corrected chi connectivity index (χ2v) is 7.14. The fourth-order valence-electron chi connectivity index (χ4n) is 1.51. The number of nitro groups is 1. The summed E-state index contributed by atoms with van der Waals surface area (Å²) >= 11 is 3.98.